The Hall–Kier alpha value is -1.02. The van der Waals surface area contributed by atoms with Crippen molar-refractivity contribution < 1.29 is 4.79 Å². The molecule has 0 radical (unpaired) electrons. The molecular weight excluding hydrogens is 234 g/mol. The summed E-state index contributed by atoms with van der Waals surface area (Å²) in [6.45, 7) is 6.57. The van der Waals surface area contributed by atoms with Crippen LogP contribution in [0.3, 0.4) is 0 Å². The number of nitrogens with zero attached hydrogens (tertiary/aromatic N) is 1. The van der Waals surface area contributed by atoms with Gasteiger partial charge in [-0.1, -0.05) is 25.4 Å². The summed E-state index contributed by atoms with van der Waals surface area (Å²) in [5.41, 5.74) is 1.59. The molecule has 0 spiro atoms. The number of carbonyl (C=O) groups excluding carboxylic acids is 1. The minimum absolute atomic E-state index is 0.398. The molecule has 3 heteroatoms. The highest BCUT2D eigenvalue weighted by atomic mass is 35.5. The predicted molar refractivity (Wildman–Crippen MR) is 74.2 cm³/mol. The van der Waals surface area contributed by atoms with Crippen molar-refractivity contribution >= 4 is 23.6 Å². The van der Waals surface area contributed by atoms with E-state index in [0.29, 0.717) is 22.5 Å². The number of rotatable bonds is 5. The van der Waals surface area contributed by atoms with Gasteiger partial charge in [0.2, 0.25) is 0 Å². The smallest absolute Gasteiger partial charge is 0.152 e. The molecule has 1 aromatic rings. The summed E-state index contributed by atoms with van der Waals surface area (Å²) < 4.78 is 0. The fourth-order valence-electron chi connectivity index (χ4n) is 2.02. The average Bonchev–Trinajstić information content (AvgIpc) is 2.27. The van der Waals surface area contributed by atoms with Crippen LogP contribution < -0.4 is 4.90 Å². The molecule has 1 unspecified atom stereocenters. The van der Waals surface area contributed by atoms with Crippen LogP contribution in [0.2, 0.25) is 5.02 Å². The van der Waals surface area contributed by atoms with Gasteiger partial charge in [0.15, 0.2) is 6.29 Å². The van der Waals surface area contributed by atoms with Crippen molar-refractivity contribution in [1.29, 1.82) is 0 Å². The lowest BCUT2D eigenvalue weighted by Crippen LogP contribution is -2.30. The van der Waals surface area contributed by atoms with Gasteiger partial charge in [-0.2, -0.15) is 0 Å². The molecule has 0 aliphatic carbocycles. The summed E-state index contributed by atoms with van der Waals surface area (Å²) in [6.07, 6.45) is 1.96. The first-order valence-corrected chi connectivity index (χ1v) is 6.31. The van der Waals surface area contributed by atoms with Crippen LogP contribution in [0.15, 0.2) is 18.2 Å². The summed E-state index contributed by atoms with van der Waals surface area (Å²) in [7, 11) is 2.02. The summed E-state index contributed by atoms with van der Waals surface area (Å²) in [4.78, 5) is 13.2. The Morgan fingerprint density at radius 2 is 2.00 bits per heavy atom. The maximum Gasteiger partial charge on any atom is 0.152 e. The van der Waals surface area contributed by atoms with Crippen LogP contribution in [0.1, 0.15) is 37.6 Å². The van der Waals surface area contributed by atoms with Crippen molar-refractivity contribution in [3.05, 3.63) is 28.8 Å². The van der Waals surface area contributed by atoms with Crippen molar-refractivity contribution in [2.24, 2.45) is 5.92 Å². The molecule has 0 aliphatic heterocycles. The molecule has 0 aliphatic rings. The molecule has 0 saturated heterocycles. The molecule has 17 heavy (non-hydrogen) atoms. The maximum absolute atomic E-state index is 11.0. The van der Waals surface area contributed by atoms with Crippen LogP contribution in [0.5, 0.6) is 0 Å². The molecule has 0 heterocycles. The molecule has 0 N–H and O–H groups in total. The first-order valence-electron chi connectivity index (χ1n) is 5.93. The fourth-order valence-corrected chi connectivity index (χ4v) is 2.20. The number of anilines is 1. The van der Waals surface area contributed by atoms with Gasteiger partial charge in [0.1, 0.15) is 0 Å². The second kappa shape index (κ2) is 6.06. The van der Waals surface area contributed by atoms with Gasteiger partial charge in [-0.15, -0.1) is 0 Å². The highest BCUT2D eigenvalue weighted by molar-refractivity contribution is 6.31. The standard InChI is InChI=1S/C14H20ClNO/c1-10(2)7-11(3)16(4)14-6-5-13(15)8-12(14)9-17/h5-6,8-11H,7H2,1-4H3. The number of aldehydes is 1. The topological polar surface area (TPSA) is 20.3 Å². The van der Waals surface area contributed by atoms with E-state index in [1.807, 2.05) is 19.2 Å². The van der Waals surface area contributed by atoms with Gasteiger partial charge >= 0.3 is 0 Å². The van der Waals surface area contributed by atoms with E-state index in [0.717, 1.165) is 18.4 Å². The molecule has 0 amide bonds. The molecule has 1 rings (SSSR count). The van der Waals surface area contributed by atoms with E-state index in [-0.39, 0.29) is 0 Å². The summed E-state index contributed by atoms with van der Waals surface area (Å²) in [5, 5.41) is 0.598. The predicted octanol–water partition coefficient (Wildman–Crippen LogP) is 4.02. The summed E-state index contributed by atoms with van der Waals surface area (Å²) in [5.74, 6) is 0.638. The molecule has 0 saturated carbocycles. The number of halogens is 1. The highest BCUT2D eigenvalue weighted by Gasteiger charge is 2.14. The molecule has 0 bridgehead atoms. The van der Waals surface area contributed by atoms with Gasteiger partial charge < -0.3 is 4.90 Å². The van der Waals surface area contributed by atoms with E-state index < -0.39 is 0 Å². The van der Waals surface area contributed by atoms with E-state index in [9.17, 15) is 4.79 Å². The third-order valence-corrected chi connectivity index (χ3v) is 3.21. The number of benzene rings is 1. The van der Waals surface area contributed by atoms with E-state index in [1.54, 1.807) is 6.07 Å². The molecule has 0 aromatic heterocycles. The van der Waals surface area contributed by atoms with E-state index in [2.05, 4.69) is 25.7 Å². The third kappa shape index (κ3) is 3.74. The van der Waals surface area contributed by atoms with Crippen LogP contribution in [0.4, 0.5) is 5.69 Å². The Morgan fingerprint density at radius 1 is 1.35 bits per heavy atom. The van der Waals surface area contributed by atoms with Crippen molar-refractivity contribution in [3.8, 4) is 0 Å². The first kappa shape index (κ1) is 14.0. The fraction of sp³-hybridized carbons (Fsp3) is 0.500. The normalized spacial score (nSPS) is 12.6. The Balaban J connectivity index is 2.95. The lowest BCUT2D eigenvalue weighted by molar-refractivity contribution is 0.112. The molecule has 94 valence electrons. The van der Waals surface area contributed by atoms with Crippen molar-refractivity contribution in [2.75, 3.05) is 11.9 Å². The number of hydrogen-bond acceptors (Lipinski definition) is 2. The molecule has 0 fully saturated rings. The minimum atomic E-state index is 0.398. The summed E-state index contributed by atoms with van der Waals surface area (Å²) in [6, 6.07) is 5.84. The zero-order valence-electron chi connectivity index (χ0n) is 10.9. The molecular formula is C14H20ClNO. The van der Waals surface area contributed by atoms with Crippen molar-refractivity contribution in [3.63, 3.8) is 0 Å². The van der Waals surface area contributed by atoms with Crippen LogP contribution in [0.25, 0.3) is 0 Å². The third-order valence-electron chi connectivity index (χ3n) is 2.97. The monoisotopic (exact) mass is 253 g/mol. The van der Waals surface area contributed by atoms with E-state index in [4.69, 9.17) is 11.6 Å². The lowest BCUT2D eigenvalue weighted by atomic mass is 10.0. The highest BCUT2D eigenvalue weighted by Crippen LogP contribution is 2.25. The Labute approximate surface area is 109 Å². The first-order chi connectivity index (χ1) is 7.95. The molecule has 1 atom stereocenters. The van der Waals surface area contributed by atoms with E-state index in [1.165, 1.54) is 0 Å². The van der Waals surface area contributed by atoms with Gasteiger partial charge in [0, 0.05) is 29.4 Å². The van der Waals surface area contributed by atoms with Crippen LogP contribution in [-0.2, 0) is 0 Å². The second-order valence-electron chi connectivity index (χ2n) is 4.91. The van der Waals surface area contributed by atoms with Crippen molar-refractivity contribution in [2.45, 2.75) is 33.2 Å². The largest absolute Gasteiger partial charge is 0.371 e. The Bertz CT molecular complexity index is 390. The summed E-state index contributed by atoms with van der Waals surface area (Å²) >= 11 is 5.89. The molecule has 2 nitrogen and oxygen atoms in total. The van der Waals surface area contributed by atoms with E-state index >= 15 is 0 Å². The SMILES string of the molecule is CC(C)CC(C)N(C)c1ccc(Cl)cc1C=O. The molecule has 1 aromatic carbocycles. The van der Waals surface area contributed by atoms with Gasteiger partial charge in [-0.05, 0) is 37.5 Å². The second-order valence-corrected chi connectivity index (χ2v) is 5.35. The average molecular weight is 254 g/mol. The Kier molecular flexibility index (Phi) is 5.01. The van der Waals surface area contributed by atoms with Gasteiger partial charge in [0.05, 0.1) is 0 Å². The lowest BCUT2D eigenvalue weighted by Gasteiger charge is -2.29. The minimum Gasteiger partial charge on any atom is -0.371 e. The maximum atomic E-state index is 11.0. The quantitative estimate of drug-likeness (QED) is 0.739. The zero-order valence-corrected chi connectivity index (χ0v) is 11.7. The van der Waals surface area contributed by atoms with Gasteiger partial charge in [0.25, 0.3) is 0 Å². The van der Waals surface area contributed by atoms with Crippen LogP contribution in [-0.4, -0.2) is 19.4 Å². The number of hydrogen-bond donors (Lipinski definition) is 0. The van der Waals surface area contributed by atoms with Crippen LogP contribution in [0, 0.1) is 5.92 Å². The zero-order chi connectivity index (χ0) is 13.0. The van der Waals surface area contributed by atoms with Crippen molar-refractivity contribution in [1.82, 2.24) is 0 Å². The van der Waals surface area contributed by atoms with Gasteiger partial charge in [-0.3, -0.25) is 4.79 Å². The Morgan fingerprint density at radius 3 is 2.53 bits per heavy atom. The van der Waals surface area contributed by atoms with Gasteiger partial charge in [-0.25, -0.2) is 0 Å². The van der Waals surface area contributed by atoms with Crippen LogP contribution >= 0.6 is 11.6 Å². The number of carbonyl (C=O) groups is 1.